The minimum Gasteiger partial charge on any atom is -0.550 e. The molecule has 0 aliphatic heterocycles. The van der Waals surface area contributed by atoms with E-state index in [2.05, 4.69) is 5.32 Å². The van der Waals surface area contributed by atoms with Crippen molar-refractivity contribution in [1.82, 2.24) is 5.32 Å². The summed E-state index contributed by atoms with van der Waals surface area (Å²) in [5.74, 6) is -5.85. The molecule has 0 amide bonds. The molecule has 25 heavy (non-hydrogen) atoms. The second-order valence-corrected chi connectivity index (χ2v) is 6.44. The van der Waals surface area contributed by atoms with E-state index in [1.165, 1.54) is 0 Å². The van der Waals surface area contributed by atoms with E-state index in [0.717, 1.165) is 0 Å². The van der Waals surface area contributed by atoms with Crippen LogP contribution in [0.25, 0.3) is 0 Å². The molecule has 1 atom stereocenters. The number of nitrogens with one attached hydrogen (secondary N) is 1. The van der Waals surface area contributed by atoms with Crippen molar-refractivity contribution in [2.24, 2.45) is 0 Å². The van der Waals surface area contributed by atoms with Crippen LogP contribution in [0.2, 0.25) is 0 Å². The van der Waals surface area contributed by atoms with Gasteiger partial charge in [-0.05, 0) is 12.8 Å². The Morgan fingerprint density at radius 2 is 1.44 bits per heavy atom. The molecule has 0 saturated carbocycles. The van der Waals surface area contributed by atoms with E-state index in [-0.39, 0.29) is 32.7 Å². The molecule has 6 N–H and O–H groups in total. The molecule has 0 bridgehead atoms. The summed E-state index contributed by atoms with van der Waals surface area (Å²) < 4.78 is 11.1. The standard InChI is InChI=1S/C7H11O9P.C4H11NO2.Zn/c8-4(9)1-2-7(6(12)13,3-5(10)11)17(14,15)16;6-3-1-5-2-4-7;/h1-3H2,(H,8,9)(H,10,11)(H,12,13)(H2,14,15,16);5-7H,1-4H2;/q;;+2/p-2. The first kappa shape index (κ1) is 28.9. The first-order chi connectivity index (χ1) is 10.9. The number of hydrogen-bond donors (Lipinski definition) is 6. The molecule has 0 aromatic heterocycles. The maximum absolute atomic E-state index is 11.1. The molecule has 142 valence electrons. The Balaban J connectivity index is -0.000000513. The Morgan fingerprint density at radius 1 is 1.00 bits per heavy atom. The first-order valence-corrected chi connectivity index (χ1v) is 8.17. The molecule has 0 aromatic rings. The van der Waals surface area contributed by atoms with Gasteiger partial charge in [0.05, 0.1) is 13.2 Å². The van der Waals surface area contributed by atoms with Gasteiger partial charge in [-0.2, -0.15) is 0 Å². The largest absolute Gasteiger partial charge is 2.00 e. The van der Waals surface area contributed by atoms with Crippen LogP contribution < -0.4 is 15.5 Å². The van der Waals surface area contributed by atoms with Crippen LogP contribution in [0.4, 0.5) is 0 Å². The molecule has 14 heteroatoms. The SMILES string of the molecule is O=C([O-])CCC(CC(=O)[O-])(C(=O)O)P(=O)(O)O.OCCNCCO.[Zn+2]. The topological polar surface area (TPSA) is 228 Å². The fourth-order valence-electron chi connectivity index (χ4n) is 1.47. The number of aliphatic hydroxyl groups is 2. The summed E-state index contributed by atoms with van der Waals surface area (Å²) in [6.07, 6.45) is -3.55. The third kappa shape index (κ3) is 12.1. The Hall–Kier alpha value is -0.937. The van der Waals surface area contributed by atoms with Gasteiger partial charge in [0.15, 0.2) is 5.16 Å². The fraction of sp³-hybridized carbons (Fsp3) is 0.727. The smallest absolute Gasteiger partial charge is 0.550 e. The van der Waals surface area contributed by atoms with Gasteiger partial charge < -0.3 is 50.2 Å². The zero-order chi connectivity index (χ0) is 19.4. The van der Waals surface area contributed by atoms with E-state index in [1.807, 2.05) is 0 Å². The second-order valence-electron chi connectivity index (χ2n) is 4.50. The normalized spacial score (nSPS) is 12.8. The van der Waals surface area contributed by atoms with Gasteiger partial charge in [-0.3, -0.25) is 9.36 Å². The maximum Gasteiger partial charge on any atom is 2.00 e. The van der Waals surface area contributed by atoms with Crippen LogP contribution >= 0.6 is 7.60 Å². The van der Waals surface area contributed by atoms with Crippen molar-refractivity contribution < 1.29 is 73.7 Å². The zero-order valence-electron chi connectivity index (χ0n) is 13.3. The fourth-order valence-corrected chi connectivity index (χ4v) is 2.46. The minimum absolute atomic E-state index is 0. The van der Waals surface area contributed by atoms with Gasteiger partial charge in [-0.15, -0.1) is 0 Å². The minimum atomic E-state index is -5.38. The average Bonchev–Trinajstić information content (AvgIpc) is 2.42. The number of aliphatic carboxylic acids is 3. The van der Waals surface area contributed by atoms with Crippen molar-refractivity contribution in [1.29, 1.82) is 0 Å². The summed E-state index contributed by atoms with van der Waals surface area (Å²) in [6, 6.07) is 0. The van der Waals surface area contributed by atoms with Crippen LogP contribution in [0.15, 0.2) is 0 Å². The van der Waals surface area contributed by atoms with Gasteiger partial charge in [0.1, 0.15) is 0 Å². The number of carbonyl (C=O) groups excluding carboxylic acids is 2. The number of hydrogen-bond acceptors (Lipinski definition) is 9. The summed E-state index contributed by atoms with van der Waals surface area (Å²) in [5, 5.41) is 45.3. The molecule has 0 aliphatic rings. The summed E-state index contributed by atoms with van der Waals surface area (Å²) in [5.41, 5.74) is 0. The quantitative estimate of drug-likeness (QED) is 0.101. The predicted octanol–water partition coefficient (Wildman–Crippen LogP) is -4.78. The number of aliphatic hydroxyl groups excluding tert-OH is 2. The third-order valence-electron chi connectivity index (χ3n) is 2.71. The van der Waals surface area contributed by atoms with Crippen molar-refractivity contribution in [3.63, 3.8) is 0 Å². The van der Waals surface area contributed by atoms with Crippen molar-refractivity contribution in [3.8, 4) is 0 Å². The van der Waals surface area contributed by atoms with Gasteiger partial charge in [0, 0.05) is 31.4 Å². The molecular weight excluding hydrogens is 418 g/mol. The Kier molecular flexibility index (Phi) is 16.5. The van der Waals surface area contributed by atoms with Crippen molar-refractivity contribution >= 4 is 25.5 Å². The van der Waals surface area contributed by atoms with Crippen molar-refractivity contribution in [2.45, 2.75) is 24.4 Å². The molecule has 0 heterocycles. The van der Waals surface area contributed by atoms with Gasteiger partial charge in [-0.25, -0.2) is 0 Å². The molecule has 0 saturated heterocycles. The number of carbonyl (C=O) groups is 3. The van der Waals surface area contributed by atoms with Crippen molar-refractivity contribution in [3.05, 3.63) is 0 Å². The molecule has 0 spiro atoms. The van der Waals surface area contributed by atoms with Crippen LogP contribution in [-0.2, 0) is 38.4 Å². The molecule has 0 radical (unpaired) electrons. The van der Waals surface area contributed by atoms with Gasteiger partial charge in [0.25, 0.3) is 0 Å². The number of rotatable bonds is 11. The molecule has 0 aliphatic carbocycles. The molecule has 0 aromatic carbocycles. The van der Waals surface area contributed by atoms with Gasteiger partial charge >= 0.3 is 33.0 Å². The van der Waals surface area contributed by atoms with Gasteiger partial charge in [0.2, 0.25) is 0 Å². The summed E-state index contributed by atoms with van der Waals surface area (Å²) in [4.78, 5) is 49.1. The second kappa shape index (κ2) is 14.3. The summed E-state index contributed by atoms with van der Waals surface area (Å²) in [7, 11) is -5.38. The molecule has 0 fully saturated rings. The summed E-state index contributed by atoms with van der Waals surface area (Å²) in [6.45, 7) is 1.42. The first-order valence-electron chi connectivity index (χ1n) is 6.55. The Labute approximate surface area is 155 Å². The van der Waals surface area contributed by atoms with Crippen molar-refractivity contribution in [2.75, 3.05) is 26.3 Å². The molecule has 1 unspecified atom stereocenters. The Morgan fingerprint density at radius 3 is 1.68 bits per heavy atom. The van der Waals surface area contributed by atoms with E-state index in [9.17, 15) is 29.2 Å². The maximum atomic E-state index is 11.1. The van der Waals surface area contributed by atoms with Crippen LogP contribution in [0.3, 0.4) is 0 Å². The summed E-state index contributed by atoms with van der Waals surface area (Å²) >= 11 is 0. The van der Waals surface area contributed by atoms with E-state index in [1.54, 1.807) is 0 Å². The van der Waals surface area contributed by atoms with Crippen LogP contribution in [0, 0.1) is 0 Å². The van der Waals surface area contributed by atoms with Crippen LogP contribution in [-0.4, -0.2) is 74.5 Å². The zero-order valence-corrected chi connectivity index (χ0v) is 17.2. The Bertz CT molecular complexity index is 465. The predicted molar refractivity (Wildman–Crippen MR) is 73.3 cm³/mol. The van der Waals surface area contributed by atoms with Crippen LogP contribution in [0.5, 0.6) is 0 Å². The van der Waals surface area contributed by atoms with E-state index >= 15 is 0 Å². The molecular formula is C11H20NO11PZn. The van der Waals surface area contributed by atoms with E-state index < -0.39 is 49.9 Å². The molecule has 0 rings (SSSR count). The van der Waals surface area contributed by atoms with Crippen LogP contribution in [0.1, 0.15) is 19.3 Å². The van der Waals surface area contributed by atoms with E-state index in [4.69, 9.17) is 25.1 Å². The third-order valence-corrected chi connectivity index (χ3v) is 4.40. The number of carboxylic acids is 3. The monoisotopic (exact) mass is 437 g/mol. The number of carboxylic acid groups (broad SMARTS) is 3. The van der Waals surface area contributed by atoms with E-state index in [0.29, 0.717) is 13.1 Å². The molecule has 12 nitrogen and oxygen atoms in total. The van der Waals surface area contributed by atoms with Gasteiger partial charge in [-0.1, -0.05) is 0 Å². The average molecular weight is 439 g/mol.